The molecule has 0 aliphatic carbocycles. The summed E-state index contributed by atoms with van der Waals surface area (Å²) in [7, 11) is -1.45. The zero-order chi connectivity index (χ0) is 30.5. The van der Waals surface area contributed by atoms with Gasteiger partial charge >= 0.3 is 0 Å². The van der Waals surface area contributed by atoms with E-state index in [1.54, 1.807) is 0 Å². The summed E-state index contributed by atoms with van der Waals surface area (Å²) in [6.45, 7) is 7.13. The van der Waals surface area contributed by atoms with Crippen LogP contribution in [0.2, 0.25) is 19.6 Å². The maximum atomic E-state index is 6.47. The fourth-order valence-electron chi connectivity index (χ4n) is 6.04. The number of para-hydroxylation sites is 1. The summed E-state index contributed by atoms with van der Waals surface area (Å²) in [4.78, 5) is 15.1. The second kappa shape index (κ2) is 10.6. The number of furan rings is 1. The van der Waals surface area contributed by atoms with Gasteiger partial charge in [-0.15, -0.1) is 0 Å². The van der Waals surface area contributed by atoms with Crippen LogP contribution < -0.4 is 5.19 Å². The Morgan fingerprint density at radius 1 is 0.467 bits per heavy atom. The van der Waals surface area contributed by atoms with Crippen LogP contribution in [0.5, 0.6) is 0 Å². The number of benzene rings is 6. The first-order chi connectivity index (χ1) is 21.9. The highest BCUT2D eigenvalue weighted by Gasteiger charge is 2.20. The highest BCUT2D eigenvalue weighted by molar-refractivity contribution is 6.88. The molecule has 6 aromatic carbocycles. The molecule has 0 saturated carbocycles. The van der Waals surface area contributed by atoms with Gasteiger partial charge in [0.25, 0.3) is 0 Å². The molecule has 8 rings (SSSR count). The summed E-state index contributed by atoms with van der Waals surface area (Å²) < 4.78 is 6.47. The fourth-order valence-corrected chi connectivity index (χ4v) is 7.21. The molecule has 0 aliphatic heterocycles. The smallest absolute Gasteiger partial charge is 0.164 e. The van der Waals surface area contributed by atoms with E-state index in [2.05, 4.69) is 111 Å². The molecule has 0 N–H and O–H groups in total. The Morgan fingerprint density at radius 3 is 1.84 bits per heavy atom. The summed E-state index contributed by atoms with van der Waals surface area (Å²) in [5, 5.41) is 5.95. The van der Waals surface area contributed by atoms with E-state index in [0.29, 0.717) is 17.5 Å². The van der Waals surface area contributed by atoms with E-state index in [4.69, 9.17) is 19.4 Å². The number of hydrogen-bond donors (Lipinski definition) is 0. The van der Waals surface area contributed by atoms with Crippen molar-refractivity contribution in [3.63, 3.8) is 0 Å². The minimum Gasteiger partial charge on any atom is -0.456 e. The average Bonchev–Trinajstić information content (AvgIpc) is 3.46. The topological polar surface area (TPSA) is 51.8 Å². The SMILES string of the molecule is C[Si](C)(C)c1ccc(-c2cc(-c3nc(-c4ccccc4)nc(-c4ccc5ccccc5c4)n3)cc3oc4ccccc4c23)cc1. The van der Waals surface area contributed by atoms with Crippen molar-refractivity contribution in [2.24, 2.45) is 0 Å². The van der Waals surface area contributed by atoms with Gasteiger partial charge in [0.05, 0.1) is 8.07 Å². The Balaban J connectivity index is 1.37. The average molecular weight is 598 g/mol. The van der Waals surface area contributed by atoms with Crippen LogP contribution in [-0.4, -0.2) is 23.0 Å². The molecule has 8 aromatic rings. The monoisotopic (exact) mass is 597 g/mol. The number of aromatic nitrogens is 3. The second-order valence-corrected chi connectivity index (χ2v) is 17.6. The van der Waals surface area contributed by atoms with E-state index in [-0.39, 0.29) is 0 Å². The van der Waals surface area contributed by atoms with E-state index in [1.165, 1.54) is 10.6 Å². The van der Waals surface area contributed by atoms with Gasteiger partial charge in [0.1, 0.15) is 11.2 Å². The number of hydrogen-bond acceptors (Lipinski definition) is 4. The molecule has 5 heteroatoms. The molecule has 2 heterocycles. The Kier molecular flexibility index (Phi) is 6.43. The molecule has 0 spiro atoms. The first kappa shape index (κ1) is 27.2. The standard InChI is InChI=1S/C40H31N3OSi/c1-45(2,3)32-21-19-27(20-22-32)34-24-31(25-36-37(34)33-15-9-10-16-35(33)44-36)40-42-38(28-12-5-4-6-13-28)41-39(43-40)30-18-17-26-11-7-8-14-29(26)23-30/h4-25H,1-3H3. The van der Waals surface area contributed by atoms with Gasteiger partial charge in [-0.2, -0.15) is 0 Å². The van der Waals surface area contributed by atoms with Gasteiger partial charge in [-0.05, 0) is 46.2 Å². The fraction of sp³-hybridized carbons (Fsp3) is 0.0750. The Morgan fingerprint density at radius 2 is 1.09 bits per heavy atom. The summed E-state index contributed by atoms with van der Waals surface area (Å²) in [6.07, 6.45) is 0. The van der Waals surface area contributed by atoms with Crippen LogP contribution in [0, 0.1) is 0 Å². The van der Waals surface area contributed by atoms with Crippen molar-refractivity contribution < 1.29 is 4.42 Å². The van der Waals surface area contributed by atoms with Crippen LogP contribution in [0.3, 0.4) is 0 Å². The predicted octanol–water partition coefficient (Wildman–Crippen LogP) is 10.1. The lowest BCUT2D eigenvalue weighted by Gasteiger charge is -2.17. The zero-order valence-electron chi connectivity index (χ0n) is 25.5. The van der Waals surface area contributed by atoms with Crippen LogP contribution in [0.25, 0.3) is 78.0 Å². The van der Waals surface area contributed by atoms with Crippen molar-refractivity contribution in [1.82, 2.24) is 15.0 Å². The quantitative estimate of drug-likeness (QED) is 0.185. The minimum absolute atomic E-state index is 0.606. The van der Waals surface area contributed by atoms with E-state index in [1.807, 2.05) is 42.5 Å². The van der Waals surface area contributed by atoms with Crippen LogP contribution in [0.4, 0.5) is 0 Å². The zero-order valence-corrected chi connectivity index (χ0v) is 26.5. The lowest BCUT2D eigenvalue weighted by Crippen LogP contribution is -2.37. The molecule has 45 heavy (non-hydrogen) atoms. The van der Waals surface area contributed by atoms with Crippen molar-refractivity contribution in [3.8, 4) is 45.3 Å². The normalized spacial score (nSPS) is 11.9. The lowest BCUT2D eigenvalue weighted by atomic mass is 9.96. The Labute approximate surface area is 263 Å². The molecule has 216 valence electrons. The lowest BCUT2D eigenvalue weighted by molar-refractivity contribution is 0.669. The summed E-state index contributed by atoms with van der Waals surface area (Å²) in [5.41, 5.74) is 6.68. The van der Waals surface area contributed by atoms with Crippen molar-refractivity contribution >= 4 is 46.0 Å². The third-order valence-electron chi connectivity index (χ3n) is 8.47. The third kappa shape index (κ3) is 5.01. The summed E-state index contributed by atoms with van der Waals surface area (Å²) in [6, 6.07) is 46.4. The van der Waals surface area contributed by atoms with Crippen molar-refractivity contribution in [2.45, 2.75) is 19.6 Å². The molecular formula is C40H31N3OSi. The predicted molar refractivity (Wildman–Crippen MR) is 189 cm³/mol. The van der Waals surface area contributed by atoms with E-state index >= 15 is 0 Å². The van der Waals surface area contributed by atoms with Gasteiger partial charge in [0, 0.05) is 27.5 Å². The number of rotatable bonds is 5. The molecule has 0 amide bonds. The number of nitrogens with zero attached hydrogens (tertiary/aromatic N) is 3. The summed E-state index contributed by atoms with van der Waals surface area (Å²) >= 11 is 0. The van der Waals surface area contributed by atoms with Gasteiger partial charge in [-0.25, -0.2) is 15.0 Å². The summed E-state index contributed by atoms with van der Waals surface area (Å²) in [5.74, 6) is 1.87. The van der Waals surface area contributed by atoms with Crippen molar-refractivity contribution in [1.29, 1.82) is 0 Å². The van der Waals surface area contributed by atoms with Gasteiger partial charge in [-0.3, -0.25) is 0 Å². The van der Waals surface area contributed by atoms with E-state index in [0.717, 1.165) is 55.1 Å². The van der Waals surface area contributed by atoms with Gasteiger partial charge in [0.15, 0.2) is 17.5 Å². The molecule has 0 atom stereocenters. The van der Waals surface area contributed by atoms with Crippen LogP contribution >= 0.6 is 0 Å². The van der Waals surface area contributed by atoms with Gasteiger partial charge in [0.2, 0.25) is 0 Å². The van der Waals surface area contributed by atoms with E-state index in [9.17, 15) is 0 Å². The molecule has 2 aromatic heterocycles. The van der Waals surface area contributed by atoms with E-state index < -0.39 is 8.07 Å². The van der Waals surface area contributed by atoms with Crippen LogP contribution in [0.1, 0.15) is 0 Å². The molecule has 0 aliphatic rings. The third-order valence-corrected chi connectivity index (χ3v) is 10.5. The number of fused-ring (bicyclic) bond motifs is 4. The Hall–Kier alpha value is -5.39. The second-order valence-electron chi connectivity index (χ2n) is 12.6. The molecular weight excluding hydrogens is 567 g/mol. The highest BCUT2D eigenvalue weighted by Crippen LogP contribution is 2.40. The van der Waals surface area contributed by atoms with Gasteiger partial charge < -0.3 is 4.42 Å². The molecule has 4 nitrogen and oxygen atoms in total. The molecule has 0 saturated heterocycles. The first-order valence-electron chi connectivity index (χ1n) is 15.3. The minimum atomic E-state index is -1.45. The molecule has 0 unspecified atom stereocenters. The van der Waals surface area contributed by atoms with Crippen molar-refractivity contribution in [3.05, 3.63) is 133 Å². The van der Waals surface area contributed by atoms with Crippen LogP contribution in [-0.2, 0) is 0 Å². The van der Waals surface area contributed by atoms with Gasteiger partial charge in [-0.1, -0.05) is 134 Å². The first-order valence-corrected chi connectivity index (χ1v) is 18.8. The molecule has 0 radical (unpaired) electrons. The highest BCUT2D eigenvalue weighted by atomic mass is 28.3. The maximum absolute atomic E-state index is 6.47. The van der Waals surface area contributed by atoms with Crippen LogP contribution in [0.15, 0.2) is 138 Å². The Bertz CT molecular complexity index is 2350. The largest absolute Gasteiger partial charge is 0.456 e. The maximum Gasteiger partial charge on any atom is 0.164 e. The molecule has 0 fully saturated rings. The molecule has 0 bridgehead atoms. The van der Waals surface area contributed by atoms with Crippen molar-refractivity contribution in [2.75, 3.05) is 0 Å².